The zero-order valence-corrected chi connectivity index (χ0v) is 19.3. The number of amides is 2. The molecule has 1 saturated carbocycles. The van der Waals surface area contributed by atoms with Gasteiger partial charge in [0, 0.05) is 11.9 Å². The molecule has 1 aromatic heterocycles. The van der Waals surface area contributed by atoms with Crippen LogP contribution < -0.4 is 4.90 Å². The van der Waals surface area contributed by atoms with Gasteiger partial charge in [-0.15, -0.1) is 0 Å². The predicted molar refractivity (Wildman–Crippen MR) is 124 cm³/mol. The number of quaternary nitrogens is 1. The number of imide groups is 1. The number of rotatable bonds is 6. The maximum absolute atomic E-state index is 12.6. The van der Waals surface area contributed by atoms with Crippen molar-refractivity contribution in [2.75, 3.05) is 51.2 Å². The summed E-state index contributed by atoms with van der Waals surface area (Å²) in [4.78, 5) is 29.3. The van der Waals surface area contributed by atoms with Crippen LogP contribution in [0.5, 0.6) is 0 Å². The summed E-state index contributed by atoms with van der Waals surface area (Å²) in [6.07, 6.45) is 5.99. The van der Waals surface area contributed by atoms with E-state index in [-0.39, 0.29) is 23.7 Å². The largest absolute Gasteiger partial charge is 0.344 e. The van der Waals surface area contributed by atoms with E-state index in [9.17, 15) is 9.59 Å². The highest BCUT2D eigenvalue weighted by Crippen LogP contribution is 2.38. The molecule has 6 nitrogen and oxygen atoms in total. The Labute approximate surface area is 188 Å². The van der Waals surface area contributed by atoms with Gasteiger partial charge >= 0.3 is 0 Å². The Morgan fingerprint density at radius 3 is 2.42 bits per heavy atom. The molecule has 5 rings (SSSR count). The highest BCUT2D eigenvalue weighted by molar-refractivity contribution is 7.13. The van der Waals surface area contributed by atoms with Crippen molar-refractivity contribution in [3.8, 4) is 0 Å². The van der Waals surface area contributed by atoms with Gasteiger partial charge in [0.1, 0.15) is 0 Å². The van der Waals surface area contributed by atoms with E-state index in [1.807, 2.05) is 0 Å². The number of likely N-dealkylation sites (N-methyl/N-ethyl adjacent to an activating group) is 1. The van der Waals surface area contributed by atoms with Crippen molar-refractivity contribution >= 4 is 39.3 Å². The molecule has 2 unspecified atom stereocenters. The summed E-state index contributed by atoms with van der Waals surface area (Å²) < 4.78 is 7.04. The number of piperazine rings is 1. The Morgan fingerprint density at radius 1 is 1.03 bits per heavy atom. The van der Waals surface area contributed by atoms with Crippen LogP contribution in [0.1, 0.15) is 38.5 Å². The van der Waals surface area contributed by atoms with Crippen molar-refractivity contribution in [3.05, 3.63) is 24.3 Å². The number of anilines is 1. The van der Waals surface area contributed by atoms with Gasteiger partial charge in [-0.1, -0.05) is 25.0 Å². The number of fused-ring (bicyclic) bond motifs is 2. The van der Waals surface area contributed by atoms with E-state index in [2.05, 4.69) is 36.2 Å². The number of likely N-dealkylation sites (tertiary alicyclic amines) is 1. The van der Waals surface area contributed by atoms with Gasteiger partial charge in [0.2, 0.25) is 11.8 Å². The molecular weight excluding hydrogens is 408 g/mol. The topological polar surface area (TPSA) is 53.5 Å². The van der Waals surface area contributed by atoms with Gasteiger partial charge in [-0.25, -0.2) is 0 Å². The SMILES string of the molecule is C[N+]1(CCCCN2C(=O)C3CCCCC3C2=O)CCN(c2nsc3ccccc23)CC1. The molecule has 2 aromatic rings. The number of benzene rings is 1. The van der Waals surface area contributed by atoms with Gasteiger partial charge in [-0.05, 0) is 49.3 Å². The highest BCUT2D eigenvalue weighted by atomic mass is 32.1. The second kappa shape index (κ2) is 8.51. The molecular formula is C24H33N4O2S+. The second-order valence-electron chi connectivity index (χ2n) is 9.81. The lowest BCUT2D eigenvalue weighted by Gasteiger charge is -2.42. The first kappa shape index (κ1) is 20.9. The number of carbonyl (C=O) groups excluding carboxylic acids is 2. The van der Waals surface area contributed by atoms with Gasteiger partial charge in [0.15, 0.2) is 5.82 Å². The summed E-state index contributed by atoms with van der Waals surface area (Å²) in [5.41, 5.74) is 0. The van der Waals surface area contributed by atoms with Crippen molar-refractivity contribution < 1.29 is 14.1 Å². The number of nitrogens with zero attached hydrogens (tertiary/aromatic N) is 4. The summed E-state index contributed by atoms with van der Waals surface area (Å²) in [7, 11) is 2.34. The molecule has 0 spiro atoms. The van der Waals surface area contributed by atoms with Crippen molar-refractivity contribution in [2.45, 2.75) is 38.5 Å². The molecule has 0 bridgehead atoms. The van der Waals surface area contributed by atoms with E-state index in [1.165, 1.54) is 10.1 Å². The molecule has 166 valence electrons. The lowest BCUT2D eigenvalue weighted by atomic mass is 9.81. The second-order valence-corrected chi connectivity index (χ2v) is 10.6. The standard InChI is InChI=1S/C24H33N4O2S/c1-28(15-7-6-12-27-23(29)18-8-2-3-9-19(18)24(27)30)16-13-26(14-17-28)22-20-10-4-5-11-21(20)31-25-22/h4-5,10-11,18-19H,2-3,6-9,12-17H2,1H3/q+1. The van der Waals surface area contributed by atoms with E-state index < -0.39 is 0 Å². The highest BCUT2D eigenvalue weighted by Gasteiger charge is 2.47. The Balaban J connectivity index is 1.10. The molecule has 7 heteroatoms. The molecule has 0 N–H and O–H groups in total. The third kappa shape index (κ3) is 3.98. The lowest BCUT2D eigenvalue weighted by molar-refractivity contribution is -0.910. The number of hydrogen-bond acceptors (Lipinski definition) is 5. The molecule has 3 heterocycles. The minimum absolute atomic E-state index is 0.0133. The van der Waals surface area contributed by atoms with Crippen molar-refractivity contribution in [2.24, 2.45) is 11.8 Å². The minimum atomic E-state index is -0.0133. The maximum Gasteiger partial charge on any atom is 0.233 e. The van der Waals surface area contributed by atoms with E-state index in [4.69, 9.17) is 4.37 Å². The monoisotopic (exact) mass is 441 g/mol. The van der Waals surface area contributed by atoms with Crippen LogP contribution in [0.25, 0.3) is 10.1 Å². The van der Waals surface area contributed by atoms with Crippen LogP contribution in [0.15, 0.2) is 24.3 Å². The number of hydrogen-bond donors (Lipinski definition) is 0. The van der Waals surface area contributed by atoms with Gasteiger partial charge < -0.3 is 9.38 Å². The van der Waals surface area contributed by atoms with E-state index in [0.29, 0.717) is 6.54 Å². The summed E-state index contributed by atoms with van der Waals surface area (Å²) in [5.74, 6) is 1.33. The normalized spacial score (nSPS) is 26.0. The Hall–Kier alpha value is -1.99. The number of unbranched alkanes of at least 4 members (excludes halogenated alkanes) is 1. The minimum Gasteiger partial charge on any atom is -0.344 e. The first-order valence-corrected chi connectivity index (χ1v) is 12.6. The molecule has 1 aromatic carbocycles. The summed E-state index contributed by atoms with van der Waals surface area (Å²) in [5, 5.41) is 1.27. The molecule has 1 aliphatic carbocycles. The molecule has 2 atom stereocenters. The van der Waals surface area contributed by atoms with Crippen LogP contribution in [0.3, 0.4) is 0 Å². The van der Waals surface area contributed by atoms with Crippen molar-refractivity contribution in [1.29, 1.82) is 0 Å². The third-order valence-corrected chi connectivity index (χ3v) is 8.56. The average molecular weight is 442 g/mol. The zero-order valence-electron chi connectivity index (χ0n) is 18.5. The Morgan fingerprint density at radius 2 is 1.71 bits per heavy atom. The smallest absolute Gasteiger partial charge is 0.233 e. The van der Waals surface area contributed by atoms with Crippen LogP contribution in [-0.2, 0) is 9.59 Å². The molecule has 31 heavy (non-hydrogen) atoms. The van der Waals surface area contributed by atoms with Crippen molar-refractivity contribution in [3.63, 3.8) is 0 Å². The first-order chi connectivity index (χ1) is 15.1. The molecule has 2 aliphatic heterocycles. The molecule has 3 aliphatic rings. The van der Waals surface area contributed by atoms with Gasteiger partial charge in [-0.3, -0.25) is 14.5 Å². The molecule has 2 amide bonds. The lowest BCUT2D eigenvalue weighted by Crippen LogP contribution is -2.57. The average Bonchev–Trinajstić information content (AvgIpc) is 3.32. The predicted octanol–water partition coefficient (Wildman–Crippen LogP) is 3.52. The molecule has 0 radical (unpaired) electrons. The first-order valence-electron chi connectivity index (χ1n) is 11.8. The van der Waals surface area contributed by atoms with Crippen molar-refractivity contribution in [1.82, 2.24) is 9.27 Å². The van der Waals surface area contributed by atoms with Crippen LogP contribution in [0.4, 0.5) is 5.82 Å². The summed E-state index contributed by atoms with van der Waals surface area (Å²) >= 11 is 1.59. The Kier molecular flexibility index (Phi) is 5.73. The fourth-order valence-corrected chi connectivity index (χ4v) is 6.49. The third-order valence-electron chi connectivity index (χ3n) is 7.74. The van der Waals surface area contributed by atoms with E-state index >= 15 is 0 Å². The summed E-state index contributed by atoms with van der Waals surface area (Å²) in [6.45, 7) is 5.98. The zero-order chi connectivity index (χ0) is 21.4. The molecule has 2 saturated heterocycles. The molecule has 3 fully saturated rings. The fraction of sp³-hybridized carbons (Fsp3) is 0.625. The van der Waals surface area contributed by atoms with Gasteiger partial charge in [0.25, 0.3) is 0 Å². The van der Waals surface area contributed by atoms with Crippen LogP contribution in [-0.4, -0.2) is 71.9 Å². The maximum atomic E-state index is 12.6. The quantitative estimate of drug-likeness (QED) is 0.391. The summed E-state index contributed by atoms with van der Waals surface area (Å²) in [6, 6.07) is 8.49. The van der Waals surface area contributed by atoms with Gasteiger partial charge in [-0.2, -0.15) is 4.37 Å². The number of aromatic nitrogens is 1. The Bertz CT molecular complexity index is 941. The fourth-order valence-electron chi connectivity index (χ4n) is 5.70. The van der Waals surface area contributed by atoms with E-state index in [1.54, 1.807) is 16.4 Å². The van der Waals surface area contributed by atoms with E-state index in [0.717, 1.165) is 81.5 Å². The van der Waals surface area contributed by atoms with Crippen LogP contribution >= 0.6 is 11.5 Å². The van der Waals surface area contributed by atoms with Crippen LogP contribution in [0.2, 0.25) is 0 Å². The van der Waals surface area contributed by atoms with Crippen LogP contribution in [0, 0.1) is 11.8 Å². The number of carbonyl (C=O) groups is 2. The van der Waals surface area contributed by atoms with Gasteiger partial charge in [0.05, 0.1) is 56.3 Å².